The number of unbranched alkanes of at least 4 members (excludes halogenated alkanes) is 17. The van der Waals surface area contributed by atoms with Crippen molar-refractivity contribution in [3.63, 3.8) is 0 Å². The fourth-order valence-electron chi connectivity index (χ4n) is 3.65. The maximum atomic E-state index is 3.64. The minimum absolute atomic E-state index is 0.517. The molecule has 0 amide bonds. The fourth-order valence-corrected chi connectivity index (χ4v) is 4.30. The molecule has 3 heteroatoms. The van der Waals surface area contributed by atoms with Crippen molar-refractivity contribution >= 4 is 31.9 Å². The van der Waals surface area contributed by atoms with Crippen LogP contribution >= 0.6 is 31.9 Å². The van der Waals surface area contributed by atoms with Crippen molar-refractivity contribution in [1.82, 2.24) is 5.32 Å². The predicted octanol–water partition coefficient (Wildman–Crippen LogP) is 9.51. The van der Waals surface area contributed by atoms with Gasteiger partial charge in [0.15, 0.2) is 0 Å². The van der Waals surface area contributed by atoms with Crippen LogP contribution in [-0.2, 0) is 0 Å². The van der Waals surface area contributed by atoms with Crippen molar-refractivity contribution in [3.05, 3.63) is 0 Å². The van der Waals surface area contributed by atoms with E-state index in [2.05, 4.69) is 44.1 Å². The van der Waals surface area contributed by atoms with Gasteiger partial charge in [-0.05, 0) is 32.4 Å². The summed E-state index contributed by atoms with van der Waals surface area (Å²) in [5.74, 6) is 0. The molecule has 0 bridgehead atoms. The van der Waals surface area contributed by atoms with Crippen LogP contribution in [0.3, 0.4) is 0 Å². The van der Waals surface area contributed by atoms with Crippen molar-refractivity contribution < 1.29 is 0 Å². The van der Waals surface area contributed by atoms with Crippen LogP contribution in [0.5, 0.6) is 0 Å². The monoisotopic (exact) mass is 509 g/mol. The Morgan fingerprint density at radius 2 is 0.815 bits per heavy atom. The van der Waals surface area contributed by atoms with E-state index in [0.29, 0.717) is 3.74 Å². The van der Waals surface area contributed by atoms with E-state index in [1.54, 1.807) is 0 Å². The Balaban J connectivity index is 2.97. The third kappa shape index (κ3) is 26.9. The molecule has 0 atom stereocenters. The van der Waals surface area contributed by atoms with Gasteiger partial charge in [-0.15, -0.1) is 0 Å². The van der Waals surface area contributed by atoms with E-state index in [4.69, 9.17) is 0 Å². The van der Waals surface area contributed by atoms with Crippen molar-refractivity contribution in [1.29, 1.82) is 0 Å². The van der Waals surface area contributed by atoms with Crippen molar-refractivity contribution in [2.24, 2.45) is 0 Å². The molecule has 1 N–H and O–H groups in total. The summed E-state index contributed by atoms with van der Waals surface area (Å²) in [6.45, 7) is 4.77. The Morgan fingerprint density at radius 3 is 1.19 bits per heavy atom. The number of rotatable bonds is 23. The smallest absolute Gasteiger partial charge is 0.0697 e. The Morgan fingerprint density at radius 1 is 0.481 bits per heavy atom. The van der Waals surface area contributed by atoms with Crippen LogP contribution < -0.4 is 5.32 Å². The van der Waals surface area contributed by atoms with Crippen LogP contribution in [0.1, 0.15) is 135 Å². The average Bonchev–Trinajstić information content (AvgIpc) is 2.65. The number of halogens is 2. The fraction of sp³-hybridized carbons (Fsp3) is 1.00. The van der Waals surface area contributed by atoms with Crippen molar-refractivity contribution in [2.45, 2.75) is 139 Å². The Kier molecular flexibility index (Phi) is 25.8. The molecule has 1 nitrogen and oxygen atoms in total. The largest absolute Gasteiger partial charge is 0.317 e. The van der Waals surface area contributed by atoms with Gasteiger partial charge >= 0.3 is 0 Å². The molecule has 0 aliphatic rings. The van der Waals surface area contributed by atoms with Gasteiger partial charge in [0.05, 0.1) is 3.74 Å². The first-order valence-electron chi connectivity index (χ1n) is 12.3. The number of hydrogen-bond acceptors (Lipinski definition) is 1. The van der Waals surface area contributed by atoms with Gasteiger partial charge in [-0.25, -0.2) is 0 Å². The van der Waals surface area contributed by atoms with Gasteiger partial charge in [-0.2, -0.15) is 0 Å². The third-order valence-corrected chi connectivity index (χ3v) is 6.40. The SMILES string of the molecule is CCCCCCCCCCCCNCCCCCCCCCCCC(Br)Br. The summed E-state index contributed by atoms with van der Waals surface area (Å²) in [7, 11) is 0. The highest BCUT2D eigenvalue weighted by Gasteiger charge is 1.97. The molecule has 0 aliphatic carbocycles. The zero-order valence-corrected chi connectivity index (χ0v) is 21.6. The molecule has 0 aromatic heterocycles. The Hall–Kier alpha value is 0.920. The highest BCUT2D eigenvalue weighted by molar-refractivity contribution is 9.24. The lowest BCUT2D eigenvalue weighted by atomic mass is 10.1. The van der Waals surface area contributed by atoms with Crippen LogP contribution in [0.2, 0.25) is 0 Å². The van der Waals surface area contributed by atoms with Gasteiger partial charge in [0.1, 0.15) is 0 Å². The number of nitrogens with one attached hydrogen (secondary N) is 1. The third-order valence-electron chi connectivity index (χ3n) is 5.48. The molecule has 164 valence electrons. The van der Waals surface area contributed by atoms with E-state index >= 15 is 0 Å². The quantitative estimate of drug-likeness (QED) is 0.106. The highest BCUT2D eigenvalue weighted by atomic mass is 79.9. The summed E-state index contributed by atoms with van der Waals surface area (Å²) < 4.78 is 0.517. The summed E-state index contributed by atoms with van der Waals surface area (Å²) in [5, 5.41) is 3.64. The first kappa shape index (κ1) is 27.9. The molecule has 0 aliphatic heterocycles. The minimum Gasteiger partial charge on any atom is -0.317 e. The van der Waals surface area contributed by atoms with E-state index in [1.807, 2.05) is 0 Å². The predicted molar refractivity (Wildman–Crippen MR) is 133 cm³/mol. The van der Waals surface area contributed by atoms with Gasteiger partial charge in [-0.1, -0.05) is 148 Å². The van der Waals surface area contributed by atoms with Crippen LogP contribution in [-0.4, -0.2) is 16.8 Å². The topological polar surface area (TPSA) is 12.0 Å². The van der Waals surface area contributed by atoms with Crippen LogP contribution in [0.4, 0.5) is 0 Å². The number of hydrogen-bond donors (Lipinski definition) is 1. The minimum atomic E-state index is 0.517. The summed E-state index contributed by atoms with van der Waals surface area (Å²) in [6.07, 6.45) is 28.3. The molecule has 0 aromatic rings. The molecule has 0 saturated heterocycles. The van der Waals surface area contributed by atoms with Crippen LogP contribution in [0, 0.1) is 0 Å². The summed E-state index contributed by atoms with van der Waals surface area (Å²) in [4.78, 5) is 0. The Labute approximate surface area is 188 Å². The van der Waals surface area contributed by atoms with Crippen molar-refractivity contribution in [3.8, 4) is 0 Å². The maximum absolute atomic E-state index is 3.64. The standard InChI is InChI=1S/C24H49Br2N/c1-2-3-4-5-6-7-10-13-16-19-22-27-23-20-17-14-11-8-9-12-15-18-21-24(25)26/h24,27H,2-23H2,1H3. The molecule has 0 saturated carbocycles. The molecule has 0 rings (SSSR count). The average molecular weight is 511 g/mol. The molecular weight excluding hydrogens is 462 g/mol. The number of alkyl halides is 2. The molecule has 0 aromatic carbocycles. The second kappa shape index (κ2) is 25.0. The van der Waals surface area contributed by atoms with Gasteiger partial charge in [0.2, 0.25) is 0 Å². The molecule has 0 spiro atoms. The zero-order chi connectivity index (χ0) is 19.8. The molecular formula is C24H49Br2N. The maximum Gasteiger partial charge on any atom is 0.0697 e. The lowest BCUT2D eigenvalue weighted by molar-refractivity contribution is 0.525. The first-order chi connectivity index (χ1) is 13.3. The molecule has 0 radical (unpaired) electrons. The molecule has 0 unspecified atom stereocenters. The van der Waals surface area contributed by atoms with E-state index in [1.165, 1.54) is 142 Å². The van der Waals surface area contributed by atoms with Gasteiger partial charge in [0, 0.05) is 0 Å². The second-order valence-electron chi connectivity index (χ2n) is 8.29. The van der Waals surface area contributed by atoms with Gasteiger partial charge in [0.25, 0.3) is 0 Å². The Bertz CT molecular complexity index is 259. The van der Waals surface area contributed by atoms with E-state index in [9.17, 15) is 0 Å². The summed E-state index contributed by atoms with van der Waals surface area (Å²) in [6, 6.07) is 0. The van der Waals surface area contributed by atoms with Gasteiger partial charge in [-0.3, -0.25) is 0 Å². The normalized spacial score (nSPS) is 11.6. The highest BCUT2D eigenvalue weighted by Crippen LogP contribution is 2.18. The molecule has 0 heterocycles. The van der Waals surface area contributed by atoms with E-state index < -0.39 is 0 Å². The molecule has 27 heavy (non-hydrogen) atoms. The van der Waals surface area contributed by atoms with Crippen LogP contribution in [0.25, 0.3) is 0 Å². The zero-order valence-electron chi connectivity index (χ0n) is 18.4. The van der Waals surface area contributed by atoms with E-state index in [-0.39, 0.29) is 0 Å². The summed E-state index contributed by atoms with van der Waals surface area (Å²) in [5.41, 5.74) is 0. The molecule has 0 fully saturated rings. The van der Waals surface area contributed by atoms with Crippen LogP contribution in [0.15, 0.2) is 0 Å². The summed E-state index contributed by atoms with van der Waals surface area (Å²) >= 11 is 7.09. The second-order valence-corrected chi connectivity index (χ2v) is 11.7. The van der Waals surface area contributed by atoms with E-state index in [0.717, 1.165) is 0 Å². The lowest BCUT2D eigenvalue weighted by Gasteiger charge is -2.06. The van der Waals surface area contributed by atoms with Crippen molar-refractivity contribution in [2.75, 3.05) is 13.1 Å². The lowest BCUT2D eigenvalue weighted by Crippen LogP contribution is -2.16. The first-order valence-corrected chi connectivity index (χ1v) is 14.1. The van der Waals surface area contributed by atoms with Gasteiger partial charge < -0.3 is 5.32 Å².